The third-order valence-electron chi connectivity index (χ3n) is 3.50. The molecule has 1 amide bonds. The molecule has 3 aromatic rings. The van der Waals surface area contributed by atoms with Gasteiger partial charge in [-0.1, -0.05) is 19.1 Å². The molecule has 0 fully saturated rings. The van der Waals surface area contributed by atoms with Gasteiger partial charge in [0.05, 0.1) is 18.0 Å². The lowest BCUT2D eigenvalue weighted by molar-refractivity contribution is 0.101. The number of nitrogens with zero attached hydrogens (tertiary/aromatic N) is 5. The summed E-state index contributed by atoms with van der Waals surface area (Å²) >= 11 is 0. The van der Waals surface area contributed by atoms with Gasteiger partial charge in [-0.15, -0.1) is 15.3 Å². The van der Waals surface area contributed by atoms with E-state index in [0.717, 1.165) is 0 Å². The van der Waals surface area contributed by atoms with Crippen molar-refractivity contribution < 1.29 is 9.53 Å². The Bertz CT molecular complexity index is 889. The molecule has 0 spiro atoms. The summed E-state index contributed by atoms with van der Waals surface area (Å²) in [5.41, 5.74) is 1.36. The number of amides is 1. The summed E-state index contributed by atoms with van der Waals surface area (Å²) < 4.78 is 7.05. The fourth-order valence-electron chi connectivity index (χ4n) is 2.29. The second kappa shape index (κ2) is 6.61. The number of para-hydroxylation sites is 2. The standard InChI is InChI=1S/C16H18N6O2/c1-4-13-18-16-20-19-14(10(3)22(16)21-13)15(23)17-11-8-6-7-9-12(11)24-5-2/h6-9H,4-5H2,1-3H3,(H,17,23). The maximum Gasteiger partial charge on any atom is 0.278 e. The minimum Gasteiger partial charge on any atom is -0.492 e. The highest BCUT2D eigenvalue weighted by atomic mass is 16.5. The molecule has 0 saturated heterocycles. The van der Waals surface area contributed by atoms with Gasteiger partial charge in [0.2, 0.25) is 0 Å². The third kappa shape index (κ3) is 2.90. The van der Waals surface area contributed by atoms with E-state index in [4.69, 9.17) is 4.74 Å². The monoisotopic (exact) mass is 326 g/mol. The number of rotatable bonds is 5. The van der Waals surface area contributed by atoms with Crippen LogP contribution in [-0.4, -0.2) is 37.3 Å². The number of aryl methyl sites for hydroxylation is 2. The predicted molar refractivity (Wildman–Crippen MR) is 88.3 cm³/mol. The molecule has 8 nitrogen and oxygen atoms in total. The first-order valence-electron chi connectivity index (χ1n) is 7.76. The smallest absolute Gasteiger partial charge is 0.278 e. The molecule has 8 heteroatoms. The van der Waals surface area contributed by atoms with E-state index >= 15 is 0 Å². The largest absolute Gasteiger partial charge is 0.492 e. The molecule has 0 radical (unpaired) electrons. The highest BCUT2D eigenvalue weighted by Crippen LogP contribution is 2.24. The molecule has 1 aromatic carbocycles. The molecule has 1 N–H and O–H groups in total. The molecule has 0 aliphatic heterocycles. The summed E-state index contributed by atoms with van der Waals surface area (Å²) in [5.74, 6) is 1.28. The first-order valence-corrected chi connectivity index (χ1v) is 7.76. The summed E-state index contributed by atoms with van der Waals surface area (Å²) in [6.45, 7) is 6.11. The van der Waals surface area contributed by atoms with Crippen LogP contribution in [0.3, 0.4) is 0 Å². The van der Waals surface area contributed by atoms with Gasteiger partial charge in [0.25, 0.3) is 11.7 Å². The van der Waals surface area contributed by atoms with Gasteiger partial charge in [0, 0.05) is 6.42 Å². The Morgan fingerprint density at radius 1 is 1.25 bits per heavy atom. The normalized spacial score (nSPS) is 10.8. The van der Waals surface area contributed by atoms with Crippen LogP contribution in [0.15, 0.2) is 24.3 Å². The molecule has 124 valence electrons. The van der Waals surface area contributed by atoms with Gasteiger partial charge in [-0.05, 0) is 26.0 Å². The molecular formula is C16H18N6O2. The molecule has 0 aliphatic carbocycles. The van der Waals surface area contributed by atoms with Crippen molar-refractivity contribution in [2.24, 2.45) is 0 Å². The average molecular weight is 326 g/mol. The zero-order valence-electron chi connectivity index (χ0n) is 13.8. The Morgan fingerprint density at radius 3 is 2.79 bits per heavy atom. The number of aromatic nitrogens is 5. The van der Waals surface area contributed by atoms with Gasteiger partial charge >= 0.3 is 0 Å². The summed E-state index contributed by atoms with van der Waals surface area (Å²) in [5, 5.41) is 15.1. The average Bonchev–Trinajstić information content (AvgIpc) is 3.01. The second-order valence-electron chi connectivity index (χ2n) is 5.11. The topological polar surface area (TPSA) is 94.3 Å². The molecule has 2 heterocycles. The fourth-order valence-corrected chi connectivity index (χ4v) is 2.29. The lowest BCUT2D eigenvalue weighted by Gasteiger charge is -2.11. The number of ether oxygens (including phenoxy) is 1. The van der Waals surface area contributed by atoms with Crippen molar-refractivity contribution in [1.29, 1.82) is 0 Å². The SMILES string of the molecule is CCOc1ccccc1NC(=O)c1nnc2nc(CC)nn2c1C. The molecule has 24 heavy (non-hydrogen) atoms. The van der Waals surface area contributed by atoms with E-state index in [1.54, 1.807) is 19.1 Å². The maximum absolute atomic E-state index is 12.6. The number of hydrogen-bond donors (Lipinski definition) is 1. The van der Waals surface area contributed by atoms with Crippen molar-refractivity contribution in [3.05, 3.63) is 41.5 Å². The number of nitrogens with one attached hydrogen (secondary N) is 1. The van der Waals surface area contributed by atoms with Crippen molar-refractivity contribution in [3.8, 4) is 5.75 Å². The lowest BCUT2D eigenvalue weighted by Crippen LogP contribution is -2.19. The van der Waals surface area contributed by atoms with Crippen LogP contribution in [0.5, 0.6) is 5.75 Å². The van der Waals surface area contributed by atoms with E-state index in [0.29, 0.717) is 41.8 Å². The van der Waals surface area contributed by atoms with E-state index in [-0.39, 0.29) is 11.6 Å². The first kappa shape index (κ1) is 15.9. The Kier molecular flexibility index (Phi) is 4.37. The zero-order valence-corrected chi connectivity index (χ0v) is 13.8. The molecule has 0 saturated carbocycles. The predicted octanol–water partition coefficient (Wildman–Crippen LogP) is 2.04. The first-order chi connectivity index (χ1) is 11.6. The van der Waals surface area contributed by atoms with Crippen LogP contribution in [0, 0.1) is 6.92 Å². The van der Waals surface area contributed by atoms with E-state index < -0.39 is 0 Å². The van der Waals surface area contributed by atoms with Gasteiger partial charge in [0.15, 0.2) is 11.5 Å². The summed E-state index contributed by atoms with van der Waals surface area (Å²) in [6.07, 6.45) is 0.687. The highest BCUT2D eigenvalue weighted by Gasteiger charge is 2.18. The van der Waals surface area contributed by atoms with Crippen molar-refractivity contribution in [3.63, 3.8) is 0 Å². The number of hydrogen-bond acceptors (Lipinski definition) is 6. The van der Waals surface area contributed by atoms with Crippen LogP contribution < -0.4 is 10.1 Å². The van der Waals surface area contributed by atoms with Gasteiger partial charge in [-0.25, -0.2) is 0 Å². The van der Waals surface area contributed by atoms with E-state index in [1.165, 1.54) is 4.52 Å². The van der Waals surface area contributed by atoms with Crippen LogP contribution in [0.2, 0.25) is 0 Å². The maximum atomic E-state index is 12.6. The van der Waals surface area contributed by atoms with Gasteiger partial charge in [-0.2, -0.15) is 9.50 Å². The Hall–Kier alpha value is -3.03. The van der Waals surface area contributed by atoms with Gasteiger partial charge in [0.1, 0.15) is 5.75 Å². The highest BCUT2D eigenvalue weighted by molar-refractivity contribution is 6.04. The number of fused-ring (bicyclic) bond motifs is 1. The van der Waals surface area contributed by atoms with Crippen LogP contribution >= 0.6 is 0 Å². The van der Waals surface area contributed by atoms with Crippen molar-refractivity contribution in [2.45, 2.75) is 27.2 Å². The molecule has 0 unspecified atom stereocenters. The molecule has 3 rings (SSSR count). The molecule has 2 aromatic heterocycles. The van der Waals surface area contributed by atoms with Crippen LogP contribution in [-0.2, 0) is 6.42 Å². The van der Waals surface area contributed by atoms with Crippen molar-refractivity contribution >= 4 is 17.4 Å². The molecule has 0 atom stereocenters. The van der Waals surface area contributed by atoms with Gasteiger partial charge in [-0.3, -0.25) is 4.79 Å². The van der Waals surface area contributed by atoms with Crippen LogP contribution in [0.25, 0.3) is 5.78 Å². The third-order valence-corrected chi connectivity index (χ3v) is 3.50. The Labute approximate surface area is 138 Å². The zero-order chi connectivity index (χ0) is 17.1. The second-order valence-corrected chi connectivity index (χ2v) is 5.11. The quantitative estimate of drug-likeness (QED) is 0.771. The van der Waals surface area contributed by atoms with E-state index in [2.05, 4.69) is 25.6 Å². The molecule has 0 bridgehead atoms. The van der Waals surface area contributed by atoms with E-state index in [9.17, 15) is 4.79 Å². The minimum atomic E-state index is -0.373. The number of anilines is 1. The Balaban J connectivity index is 1.93. The number of carbonyl (C=O) groups is 1. The number of carbonyl (C=O) groups excluding carboxylic acids is 1. The summed E-state index contributed by atoms with van der Waals surface area (Å²) in [7, 11) is 0. The Morgan fingerprint density at radius 2 is 2.04 bits per heavy atom. The number of benzene rings is 1. The van der Waals surface area contributed by atoms with E-state index in [1.807, 2.05) is 26.0 Å². The fraction of sp³-hybridized carbons (Fsp3) is 0.312. The van der Waals surface area contributed by atoms with Crippen molar-refractivity contribution in [1.82, 2.24) is 24.8 Å². The summed E-state index contributed by atoms with van der Waals surface area (Å²) in [4.78, 5) is 16.8. The van der Waals surface area contributed by atoms with Crippen LogP contribution in [0.1, 0.15) is 35.9 Å². The minimum absolute atomic E-state index is 0.196. The van der Waals surface area contributed by atoms with Crippen LogP contribution in [0.4, 0.5) is 5.69 Å². The molecule has 0 aliphatic rings. The van der Waals surface area contributed by atoms with Crippen molar-refractivity contribution in [2.75, 3.05) is 11.9 Å². The van der Waals surface area contributed by atoms with Gasteiger partial charge < -0.3 is 10.1 Å². The summed E-state index contributed by atoms with van der Waals surface area (Å²) in [6, 6.07) is 7.24. The molecular weight excluding hydrogens is 308 g/mol. The lowest BCUT2D eigenvalue weighted by atomic mass is 10.2.